The summed E-state index contributed by atoms with van der Waals surface area (Å²) in [7, 11) is 0. The third-order valence-electron chi connectivity index (χ3n) is 3.26. The normalized spacial score (nSPS) is 12.2. The monoisotopic (exact) mass is 340 g/mol. The van der Waals surface area contributed by atoms with Crippen molar-refractivity contribution in [3.05, 3.63) is 16.1 Å². The van der Waals surface area contributed by atoms with E-state index in [0.717, 1.165) is 42.8 Å². The van der Waals surface area contributed by atoms with Gasteiger partial charge >= 0.3 is 0 Å². The molecule has 0 aliphatic carbocycles. The molecule has 0 bridgehead atoms. The highest BCUT2D eigenvalue weighted by molar-refractivity contribution is 7.09. The third-order valence-corrected chi connectivity index (χ3v) is 4.11. The first kappa shape index (κ1) is 19.9. The van der Waals surface area contributed by atoms with Crippen LogP contribution in [-0.4, -0.2) is 37.2 Å². The number of thiazole rings is 1. The molecule has 0 unspecified atom stereocenters. The fraction of sp³-hybridized carbons (Fsp3) is 0.765. The molecule has 0 radical (unpaired) electrons. The second-order valence-electron chi connectivity index (χ2n) is 6.24. The summed E-state index contributed by atoms with van der Waals surface area (Å²) in [5.74, 6) is 1.98. The lowest BCUT2D eigenvalue weighted by molar-refractivity contribution is 0.128. The fourth-order valence-electron chi connectivity index (χ4n) is 1.81. The molecule has 0 aromatic carbocycles. The second-order valence-corrected chi connectivity index (χ2v) is 7.18. The summed E-state index contributed by atoms with van der Waals surface area (Å²) >= 11 is 1.68. The highest BCUT2D eigenvalue weighted by atomic mass is 32.1. The Morgan fingerprint density at radius 2 is 2.04 bits per heavy atom. The van der Waals surface area contributed by atoms with Crippen molar-refractivity contribution in [2.24, 2.45) is 10.9 Å². The molecule has 1 rings (SSSR count). The second kappa shape index (κ2) is 11.4. The molecule has 1 heterocycles. The van der Waals surface area contributed by atoms with Gasteiger partial charge in [0.25, 0.3) is 0 Å². The van der Waals surface area contributed by atoms with Crippen LogP contribution in [0.15, 0.2) is 10.4 Å². The lowest BCUT2D eigenvalue weighted by atomic mass is 10.1. The number of guanidine groups is 1. The molecule has 0 atom stereocenters. The number of ether oxygens (including phenoxy) is 1. The molecule has 1 aromatic heterocycles. The van der Waals surface area contributed by atoms with Gasteiger partial charge in [0.15, 0.2) is 5.96 Å². The summed E-state index contributed by atoms with van der Waals surface area (Å²) in [4.78, 5) is 9.20. The minimum atomic E-state index is 0.471. The lowest BCUT2D eigenvalue weighted by Crippen LogP contribution is -2.39. The van der Waals surface area contributed by atoms with E-state index in [1.807, 2.05) is 0 Å². The lowest BCUT2D eigenvalue weighted by Gasteiger charge is -2.11. The molecule has 0 saturated carbocycles. The van der Waals surface area contributed by atoms with E-state index in [9.17, 15) is 0 Å². The van der Waals surface area contributed by atoms with Crippen LogP contribution in [0.4, 0.5) is 0 Å². The molecule has 6 heteroatoms. The summed E-state index contributed by atoms with van der Waals surface area (Å²) in [5, 5.41) is 9.73. The number of hydrogen-bond donors (Lipinski definition) is 2. The smallest absolute Gasteiger partial charge is 0.191 e. The van der Waals surface area contributed by atoms with Gasteiger partial charge < -0.3 is 15.4 Å². The van der Waals surface area contributed by atoms with Crippen LogP contribution < -0.4 is 10.6 Å². The Bertz CT molecular complexity index is 457. The van der Waals surface area contributed by atoms with Gasteiger partial charge in [0.2, 0.25) is 0 Å². The fourth-order valence-corrected chi connectivity index (χ4v) is 2.69. The van der Waals surface area contributed by atoms with E-state index >= 15 is 0 Å². The highest BCUT2D eigenvalue weighted by Gasteiger charge is 2.05. The zero-order chi connectivity index (χ0) is 17.1. The quantitative estimate of drug-likeness (QED) is 0.389. The van der Waals surface area contributed by atoms with Gasteiger partial charge in [-0.05, 0) is 25.2 Å². The van der Waals surface area contributed by atoms with E-state index in [-0.39, 0.29) is 0 Å². The third kappa shape index (κ3) is 8.91. The summed E-state index contributed by atoms with van der Waals surface area (Å²) < 4.78 is 5.61. The van der Waals surface area contributed by atoms with Crippen LogP contribution in [0.25, 0.3) is 0 Å². The molecule has 0 aliphatic heterocycles. The van der Waals surface area contributed by atoms with Crippen molar-refractivity contribution in [2.75, 3.05) is 26.3 Å². The Morgan fingerprint density at radius 1 is 1.26 bits per heavy atom. The van der Waals surface area contributed by atoms with Crippen LogP contribution in [0.5, 0.6) is 0 Å². The maximum Gasteiger partial charge on any atom is 0.191 e. The maximum absolute atomic E-state index is 5.61. The number of rotatable bonds is 10. The number of hydrogen-bond acceptors (Lipinski definition) is 4. The van der Waals surface area contributed by atoms with Crippen molar-refractivity contribution in [3.63, 3.8) is 0 Å². The molecule has 132 valence electrons. The Balaban J connectivity index is 2.34. The van der Waals surface area contributed by atoms with Gasteiger partial charge in [-0.25, -0.2) is 9.98 Å². The van der Waals surface area contributed by atoms with Gasteiger partial charge in [-0.15, -0.1) is 11.3 Å². The van der Waals surface area contributed by atoms with Crippen molar-refractivity contribution in [1.29, 1.82) is 0 Å². The maximum atomic E-state index is 5.61. The number of aromatic nitrogens is 1. The minimum absolute atomic E-state index is 0.471. The SMILES string of the molecule is CCNC(=NCc1nc(C(C)C)cs1)NCCOCCC(C)C. The minimum Gasteiger partial charge on any atom is -0.380 e. The van der Waals surface area contributed by atoms with E-state index < -0.39 is 0 Å². The Kier molecular flexibility index (Phi) is 9.87. The van der Waals surface area contributed by atoms with Crippen molar-refractivity contribution in [3.8, 4) is 0 Å². The van der Waals surface area contributed by atoms with Crippen LogP contribution >= 0.6 is 11.3 Å². The first-order valence-electron chi connectivity index (χ1n) is 8.57. The first-order valence-corrected chi connectivity index (χ1v) is 9.45. The van der Waals surface area contributed by atoms with Crippen molar-refractivity contribution >= 4 is 17.3 Å². The van der Waals surface area contributed by atoms with Gasteiger partial charge in [-0.2, -0.15) is 0 Å². The van der Waals surface area contributed by atoms with E-state index in [1.165, 1.54) is 0 Å². The standard InChI is InChI=1S/C17H32N4OS/c1-6-18-17(19-8-10-22-9-7-13(2)3)20-11-16-21-15(12-23-16)14(4)5/h12-14H,6-11H2,1-5H3,(H2,18,19,20). The van der Waals surface area contributed by atoms with Gasteiger partial charge in [-0.1, -0.05) is 27.7 Å². The molecule has 5 nitrogen and oxygen atoms in total. The van der Waals surface area contributed by atoms with Gasteiger partial charge in [0, 0.05) is 25.1 Å². The van der Waals surface area contributed by atoms with Gasteiger partial charge in [0.05, 0.1) is 18.8 Å². The van der Waals surface area contributed by atoms with Crippen LogP contribution in [-0.2, 0) is 11.3 Å². The zero-order valence-electron chi connectivity index (χ0n) is 15.2. The molecular weight excluding hydrogens is 308 g/mol. The first-order chi connectivity index (χ1) is 11.0. The number of nitrogens with zero attached hydrogens (tertiary/aromatic N) is 2. The van der Waals surface area contributed by atoms with Crippen LogP contribution in [0.2, 0.25) is 0 Å². The zero-order valence-corrected chi connectivity index (χ0v) is 16.0. The molecule has 2 N–H and O–H groups in total. The summed E-state index contributed by atoms with van der Waals surface area (Å²) in [6.07, 6.45) is 1.11. The Morgan fingerprint density at radius 3 is 2.65 bits per heavy atom. The van der Waals surface area contributed by atoms with E-state index in [2.05, 4.69) is 60.6 Å². The van der Waals surface area contributed by atoms with Crippen molar-refractivity contribution in [1.82, 2.24) is 15.6 Å². The van der Waals surface area contributed by atoms with E-state index in [1.54, 1.807) is 11.3 Å². The summed E-state index contributed by atoms with van der Waals surface area (Å²) in [6.45, 7) is 14.5. The Labute approximate surface area is 145 Å². The molecule has 0 amide bonds. The number of nitrogens with one attached hydrogen (secondary N) is 2. The largest absolute Gasteiger partial charge is 0.380 e. The number of aliphatic imine (C=N–C) groups is 1. The molecule has 0 spiro atoms. The van der Waals surface area contributed by atoms with E-state index in [4.69, 9.17) is 4.74 Å². The molecular formula is C17H32N4OS. The van der Waals surface area contributed by atoms with Crippen LogP contribution in [0.3, 0.4) is 0 Å². The predicted molar refractivity (Wildman–Crippen MR) is 99.3 cm³/mol. The predicted octanol–water partition coefficient (Wildman–Crippen LogP) is 3.38. The summed E-state index contributed by atoms with van der Waals surface area (Å²) in [6, 6.07) is 0. The highest BCUT2D eigenvalue weighted by Crippen LogP contribution is 2.18. The van der Waals surface area contributed by atoms with Crippen LogP contribution in [0.1, 0.15) is 57.7 Å². The average molecular weight is 341 g/mol. The summed E-state index contributed by atoms with van der Waals surface area (Å²) in [5.41, 5.74) is 1.15. The average Bonchev–Trinajstić information content (AvgIpc) is 2.97. The van der Waals surface area contributed by atoms with Crippen LogP contribution in [0, 0.1) is 5.92 Å². The molecule has 0 saturated heterocycles. The van der Waals surface area contributed by atoms with Gasteiger partial charge in [-0.3, -0.25) is 0 Å². The topological polar surface area (TPSA) is 58.5 Å². The molecule has 1 aromatic rings. The van der Waals surface area contributed by atoms with Gasteiger partial charge in [0.1, 0.15) is 5.01 Å². The molecule has 0 aliphatic rings. The molecule has 23 heavy (non-hydrogen) atoms. The van der Waals surface area contributed by atoms with Crippen molar-refractivity contribution < 1.29 is 4.74 Å². The molecule has 0 fully saturated rings. The van der Waals surface area contributed by atoms with E-state index in [0.29, 0.717) is 25.0 Å². The van der Waals surface area contributed by atoms with Crippen molar-refractivity contribution in [2.45, 2.75) is 53.5 Å². The Hall–Kier alpha value is -1.14.